The van der Waals surface area contributed by atoms with Crippen LogP contribution in [0.4, 0.5) is 0 Å². The molecule has 3 aromatic rings. The Hall–Kier alpha value is -3.48. The Bertz CT molecular complexity index is 1090. The molecule has 0 saturated heterocycles. The SMILES string of the molecule is COc1cc(OC)c2[nH]c(C(=O)OCC(=O)N[C@@H]3CCCc4ccccc43)cc2c1. The van der Waals surface area contributed by atoms with Crippen molar-refractivity contribution in [2.24, 2.45) is 0 Å². The summed E-state index contributed by atoms with van der Waals surface area (Å²) >= 11 is 0. The van der Waals surface area contributed by atoms with Crippen molar-refractivity contribution >= 4 is 22.8 Å². The average molecular weight is 408 g/mol. The summed E-state index contributed by atoms with van der Waals surface area (Å²) in [5, 5.41) is 3.73. The van der Waals surface area contributed by atoms with Gasteiger partial charge in [0.05, 0.1) is 25.8 Å². The minimum absolute atomic E-state index is 0.0500. The van der Waals surface area contributed by atoms with E-state index < -0.39 is 5.97 Å². The van der Waals surface area contributed by atoms with Crippen LogP contribution in [0.5, 0.6) is 11.5 Å². The van der Waals surface area contributed by atoms with Gasteiger partial charge in [0.2, 0.25) is 0 Å². The summed E-state index contributed by atoms with van der Waals surface area (Å²) in [6.07, 6.45) is 2.91. The number of carbonyl (C=O) groups excluding carboxylic acids is 2. The number of carbonyl (C=O) groups is 2. The molecule has 0 aliphatic heterocycles. The number of ether oxygens (including phenoxy) is 3. The van der Waals surface area contributed by atoms with E-state index in [1.165, 1.54) is 5.56 Å². The molecule has 2 aromatic carbocycles. The molecule has 1 aliphatic carbocycles. The molecule has 2 N–H and O–H groups in total. The van der Waals surface area contributed by atoms with Crippen molar-refractivity contribution in [3.8, 4) is 11.5 Å². The first-order valence-electron chi connectivity index (χ1n) is 9.88. The van der Waals surface area contributed by atoms with Crippen molar-refractivity contribution in [2.45, 2.75) is 25.3 Å². The Morgan fingerprint density at radius 2 is 1.97 bits per heavy atom. The molecule has 0 fully saturated rings. The van der Waals surface area contributed by atoms with Crippen LogP contribution < -0.4 is 14.8 Å². The number of aromatic amines is 1. The van der Waals surface area contributed by atoms with Crippen LogP contribution in [-0.4, -0.2) is 37.7 Å². The Morgan fingerprint density at radius 3 is 2.77 bits per heavy atom. The summed E-state index contributed by atoms with van der Waals surface area (Å²) in [4.78, 5) is 27.8. The average Bonchev–Trinajstić information content (AvgIpc) is 3.21. The number of rotatable bonds is 6. The molecule has 156 valence electrons. The molecule has 1 heterocycles. The van der Waals surface area contributed by atoms with E-state index in [-0.39, 0.29) is 24.2 Å². The molecule has 1 amide bonds. The van der Waals surface area contributed by atoms with Crippen molar-refractivity contribution in [1.82, 2.24) is 10.3 Å². The van der Waals surface area contributed by atoms with Crippen LogP contribution in [0.1, 0.15) is 40.5 Å². The number of hydrogen-bond donors (Lipinski definition) is 2. The van der Waals surface area contributed by atoms with Gasteiger partial charge in [-0.2, -0.15) is 0 Å². The number of nitrogens with one attached hydrogen (secondary N) is 2. The zero-order chi connectivity index (χ0) is 21.1. The minimum Gasteiger partial charge on any atom is -0.497 e. The van der Waals surface area contributed by atoms with Gasteiger partial charge in [-0.05, 0) is 42.5 Å². The lowest BCUT2D eigenvalue weighted by molar-refractivity contribution is -0.125. The first kappa shape index (κ1) is 19.8. The number of hydrogen-bond acceptors (Lipinski definition) is 5. The fraction of sp³-hybridized carbons (Fsp3) is 0.304. The predicted molar refractivity (Wildman–Crippen MR) is 112 cm³/mol. The molecule has 1 aromatic heterocycles. The molecule has 1 aliphatic rings. The first-order chi connectivity index (χ1) is 14.6. The molecular weight excluding hydrogens is 384 g/mol. The third kappa shape index (κ3) is 3.96. The van der Waals surface area contributed by atoms with Crippen LogP contribution >= 0.6 is 0 Å². The van der Waals surface area contributed by atoms with Gasteiger partial charge in [-0.3, -0.25) is 4.79 Å². The molecule has 1 atom stereocenters. The highest BCUT2D eigenvalue weighted by Gasteiger charge is 2.22. The molecule has 30 heavy (non-hydrogen) atoms. The maximum Gasteiger partial charge on any atom is 0.355 e. The third-order valence-electron chi connectivity index (χ3n) is 5.38. The van der Waals surface area contributed by atoms with Gasteiger partial charge in [-0.25, -0.2) is 4.79 Å². The van der Waals surface area contributed by atoms with E-state index in [9.17, 15) is 9.59 Å². The van der Waals surface area contributed by atoms with Crippen molar-refractivity contribution in [2.75, 3.05) is 20.8 Å². The highest BCUT2D eigenvalue weighted by atomic mass is 16.5. The lowest BCUT2D eigenvalue weighted by atomic mass is 9.88. The van der Waals surface area contributed by atoms with Gasteiger partial charge in [0.25, 0.3) is 5.91 Å². The molecule has 0 radical (unpaired) electrons. The van der Waals surface area contributed by atoms with Crippen molar-refractivity contribution in [1.29, 1.82) is 0 Å². The quantitative estimate of drug-likeness (QED) is 0.609. The van der Waals surface area contributed by atoms with Gasteiger partial charge >= 0.3 is 5.97 Å². The van der Waals surface area contributed by atoms with Crippen LogP contribution in [0.15, 0.2) is 42.5 Å². The maximum absolute atomic E-state index is 12.5. The second-order valence-electron chi connectivity index (χ2n) is 7.26. The Kier molecular flexibility index (Phi) is 5.61. The number of methoxy groups -OCH3 is 2. The molecule has 0 spiro atoms. The fourth-order valence-electron chi connectivity index (χ4n) is 3.92. The van der Waals surface area contributed by atoms with Crippen LogP contribution in [0.25, 0.3) is 10.9 Å². The smallest absolute Gasteiger partial charge is 0.355 e. The summed E-state index contributed by atoms with van der Waals surface area (Å²) in [5.74, 6) is 0.245. The first-order valence-corrected chi connectivity index (χ1v) is 9.88. The Morgan fingerprint density at radius 1 is 1.13 bits per heavy atom. The minimum atomic E-state index is -0.605. The molecule has 0 saturated carbocycles. The van der Waals surface area contributed by atoms with E-state index in [1.54, 1.807) is 32.4 Å². The summed E-state index contributed by atoms with van der Waals surface area (Å²) in [5.41, 5.74) is 3.30. The number of fused-ring (bicyclic) bond motifs is 2. The second kappa shape index (κ2) is 8.49. The molecule has 0 bridgehead atoms. The molecule has 4 rings (SSSR count). The van der Waals surface area contributed by atoms with Crippen molar-refractivity contribution < 1.29 is 23.8 Å². The van der Waals surface area contributed by atoms with Gasteiger partial charge in [0.15, 0.2) is 6.61 Å². The number of aryl methyl sites for hydroxylation is 1. The molecular formula is C23H24N2O5. The predicted octanol–water partition coefficient (Wildman–Crippen LogP) is 3.54. The van der Waals surface area contributed by atoms with Crippen LogP contribution in [0.2, 0.25) is 0 Å². The van der Waals surface area contributed by atoms with Gasteiger partial charge < -0.3 is 24.5 Å². The summed E-state index contributed by atoms with van der Waals surface area (Å²) in [7, 11) is 3.10. The van der Waals surface area contributed by atoms with Crippen molar-refractivity contribution in [3.05, 3.63) is 59.3 Å². The summed E-state index contributed by atoms with van der Waals surface area (Å²) in [6.45, 7) is -0.340. The zero-order valence-corrected chi connectivity index (χ0v) is 17.0. The van der Waals surface area contributed by atoms with Gasteiger partial charge in [0, 0.05) is 11.5 Å². The van der Waals surface area contributed by atoms with E-state index in [2.05, 4.69) is 16.4 Å². The molecule has 7 nitrogen and oxygen atoms in total. The molecule has 0 unspecified atom stereocenters. The number of amides is 1. The zero-order valence-electron chi connectivity index (χ0n) is 17.0. The molecule has 7 heteroatoms. The van der Waals surface area contributed by atoms with E-state index in [0.29, 0.717) is 17.0 Å². The number of benzene rings is 2. The van der Waals surface area contributed by atoms with E-state index in [1.807, 2.05) is 18.2 Å². The van der Waals surface area contributed by atoms with Gasteiger partial charge in [-0.15, -0.1) is 0 Å². The van der Waals surface area contributed by atoms with Crippen molar-refractivity contribution in [3.63, 3.8) is 0 Å². The summed E-state index contributed by atoms with van der Waals surface area (Å²) < 4.78 is 15.8. The Balaban J connectivity index is 1.41. The topological polar surface area (TPSA) is 89.7 Å². The van der Waals surface area contributed by atoms with E-state index >= 15 is 0 Å². The lowest BCUT2D eigenvalue weighted by Gasteiger charge is -2.26. The second-order valence-corrected chi connectivity index (χ2v) is 7.26. The van der Waals surface area contributed by atoms with E-state index in [0.717, 1.165) is 30.2 Å². The van der Waals surface area contributed by atoms with E-state index in [4.69, 9.17) is 14.2 Å². The number of H-pyrrole nitrogens is 1. The maximum atomic E-state index is 12.5. The van der Waals surface area contributed by atoms with Crippen LogP contribution in [0, 0.1) is 0 Å². The van der Waals surface area contributed by atoms with Gasteiger partial charge in [0.1, 0.15) is 17.2 Å². The third-order valence-corrected chi connectivity index (χ3v) is 5.38. The standard InChI is InChI=1S/C23H24N2O5/c1-28-16-10-15-11-19(25-22(15)20(12-16)29-2)23(27)30-13-21(26)24-18-9-5-7-14-6-3-4-8-17(14)18/h3-4,6,8,10-12,18,25H,5,7,9,13H2,1-2H3,(H,24,26)/t18-/m1/s1. The highest BCUT2D eigenvalue weighted by Crippen LogP contribution is 2.31. The number of aromatic nitrogens is 1. The normalized spacial score (nSPS) is 15.3. The van der Waals surface area contributed by atoms with Gasteiger partial charge in [-0.1, -0.05) is 24.3 Å². The largest absolute Gasteiger partial charge is 0.497 e. The monoisotopic (exact) mass is 408 g/mol. The van der Waals surface area contributed by atoms with Crippen LogP contribution in [0.3, 0.4) is 0 Å². The lowest BCUT2D eigenvalue weighted by Crippen LogP contribution is -2.34. The Labute approximate surface area is 174 Å². The summed E-state index contributed by atoms with van der Waals surface area (Å²) in [6, 6.07) is 13.2. The highest BCUT2D eigenvalue weighted by molar-refractivity contribution is 5.98. The number of esters is 1. The fourth-order valence-corrected chi connectivity index (χ4v) is 3.92. The van der Waals surface area contributed by atoms with Crippen LogP contribution in [-0.2, 0) is 16.0 Å².